The Morgan fingerprint density at radius 2 is 2.16 bits per heavy atom. The summed E-state index contributed by atoms with van der Waals surface area (Å²) in [6.07, 6.45) is 1.28. The second-order valence-electron chi connectivity index (χ2n) is 6.74. The van der Waals surface area contributed by atoms with Crippen LogP contribution >= 0.6 is 0 Å². The summed E-state index contributed by atoms with van der Waals surface area (Å²) in [6.45, 7) is 5.13. The van der Waals surface area contributed by atoms with Gasteiger partial charge in [-0.1, -0.05) is 0 Å². The van der Waals surface area contributed by atoms with Crippen LogP contribution in [0.3, 0.4) is 0 Å². The lowest BCUT2D eigenvalue weighted by atomic mass is 9.90. The second kappa shape index (κ2) is 6.37. The summed E-state index contributed by atoms with van der Waals surface area (Å²) in [5.41, 5.74) is 0.702. The third-order valence-electron chi connectivity index (χ3n) is 4.23. The molecule has 2 aromatic rings. The van der Waals surface area contributed by atoms with Gasteiger partial charge in [0.15, 0.2) is 0 Å². The normalized spacial score (nSPS) is 19.2. The smallest absolute Gasteiger partial charge is 0.336 e. The predicted molar refractivity (Wildman–Crippen MR) is 91.6 cm³/mol. The van der Waals surface area contributed by atoms with Crippen LogP contribution in [0.1, 0.15) is 26.3 Å². The summed E-state index contributed by atoms with van der Waals surface area (Å²) >= 11 is 0. The first-order valence-corrected chi connectivity index (χ1v) is 8.03. The Kier molecular flexibility index (Phi) is 4.39. The third-order valence-corrected chi connectivity index (χ3v) is 4.23. The number of ether oxygens (including phenoxy) is 2. The predicted octanol–water partition coefficient (Wildman–Crippen LogP) is 2.36. The molecule has 2 heterocycles. The van der Waals surface area contributed by atoms with Crippen LogP contribution in [0.5, 0.6) is 5.75 Å². The van der Waals surface area contributed by atoms with Gasteiger partial charge in [-0.05, 0) is 44.0 Å². The molecule has 0 fully saturated rings. The molecular formula is C19H20O6. The lowest BCUT2D eigenvalue weighted by Gasteiger charge is -2.39. The molecule has 1 aromatic carbocycles. The van der Waals surface area contributed by atoms with Gasteiger partial charge in [0.2, 0.25) is 0 Å². The SMILES string of the molecule is C/C(=C\C(=O)OC1Cc2cc3ccc(=O)oc3cc2OC1(C)C)CO. The maximum Gasteiger partial charge on any atom is 0.336 e. The molecule has 0 saturated carbocycles. The van der Waals surface area contributed by atoms with Crippen LogP contribution in [-0.4, -0.2) is 29.4 Å². The van der Waals surface area contributed by atoms with Crippen LogP contribution in [-0.2, 0) is 16.0 Å². The topological polar surface area (TPSA) is 86.0 Å². The molecule has 0 aliphatic carbocycles. The molecule has 0 radical (unpaired) electrons. The van der Waals surface area contributed by atoms with Crippen molar-refractivity contribution in [2.24, 2.45) is 0 Å². The van der Waals surface area contributed by atoms with Gasteiger partial charge >= 0.3 is 11.6 Å². The van der Waals surface area contributed by atoms with E-state index < -0.39 is 23.3 Å². The Morgan fingerprint density at radius 1 is 1.40 bits per heavy atom. The van der Waals surface area contributed by atoms with Crippen LogP contribution < -0.4 is 10.4 Å². The number of carbonyl (C=O) groups is 1. The fraction of sp³-hybridized carbons (Fsp3) is 0.368. The lowest BCUT2D eigenvalue weighted by molar-refractivity contribution is -0.155. The number of fused-ring (bicyclic) bond motifs is 2. The minimum absolute atomic E-state index is 0.195. The van der Waals surface area contributed by atoms with Crippen LogP contribution in [0.15, 0.2) is 45.1 Å². The summed E-state index contributed by atoms with van der Waals surface area (Å²) in [7, 11) is 0. The monoisotopic (exact) mass is 344 g/mol. The van der Waals surface area contributed by atoms with Gasteiger partial charge in [0.05, 0.1) is 6.61 Å². The second-order valence-corrected chi connectivity index (χ2v) is 6.74. The zero-order valence-electron chi connectivity index (χ0n) is 14.4. The Balaban J connectivity index is 1.92. The molecule has 0 spiro atoms. The number of aliphatic hydroxyl groups excluding tert-OH is 1. The Bertz CT molecular complexity index is 906. The molecule has 3 rings (SSSR count). The average molecular weight is 344 g/mol. The fourth-order valence-corrected chi connectivity index (χ4v) is 2.80. The van der Waals surface area contributed by atoms with E-state index in [1.54, 1.807) is 19.1 Å². The molecule has 1 N–H and O–H groups in total. The van der Waals surface area contributed by atoms with Crippen LogP contribution in [0.4, 0.5) is 0 Å². The highest BCUT2D eigenvalue weighted by atomic mass is 16.6. The largest absolute Gasteiger partial charge is 0.484 e. The summed E-state index contributed by atoms with van der Waals surface area (Å²) in [5, 5.41) is 9.79. The molecule has 0 saturated heterocycles. The average Bonchev–Trinajstić information content (AvgIpc) is 2.53. The molecule has 6 nitrogen and oxygen atoms in total. The van der Waals surface area contributed by atoms with E-state index in [0.717, 1.165) is 10.9 Å². The van der Waals surface area contributed by atoms with Gasteiger partial charge < -0.3 is 19.0 Å². The molecule has 0 bridgehead atoms. The van der Waals surface area contributed by atoms with Gasteiger partial charge in [-0.2, -0.15) is 0 Å². The molecule has 1 aromatic heterocycles. The Hall–Kier alpha value is -2.60. The molecule has 132 valence electrons. The highest BCUT2D eigenvalue weighted by Gasteiger charge is 2.39. The zero-order chi connectivity index (χ0) is 18.2. The van der Waals surface area contributed by atoms with Crippen LogP contribution in [0.25, 0.3) is 11.0 Å². The third kappa shape index (κ3) is 3.58. The first kappa shape index (κ1) is 17.2. The number of hydrogen-bond acceptors (Lipinski definition) is 6. The first-order valence-electron chi connectivity index (χ1n) is 8.03. The minimum Gasteiger partial charge on any atom is -0.484 e. The van der Waals surface area contributed by atoms with Crippen LogP contribution in [0, 0.1) is 0 Å². The summed E-state index contributed by atoms with van der Waals surface area (Å²) in [4.78, 5) is 23.4. The Morgan fingerprint density at radius 3 is 2.88 bits per heavy atom. The van der Waals surface area contributed by atoms with E-state index in [1.165, 1.54) is 12.1 Å². The molecule has 1 unspecified atom stereocenters. The highest BCUT2D eigenvalue weighted by Crippen LogP contribution is 2.37. The van der Waals surface area contributed by atoms with Crippen molar-refractivity contribution < 1.29 is 23.8 Å². The van der Waals surface area contributed by atoms with Crippen molar-refractivity contribution in [2.75, 3.05) is 6.61 Å². The van der Waals surface area contributed by atoms with Gasteiger partial charge in [-0.25, -0.2) is 9.59 Å². The number of hydrogen-bond donors (Lipinski definition) is 1. The van der Waals surface area contributed by atoms with Crippen molar-refractivity contribution in [3.05, 3.63) is 51.9 Å². The van der Waals surface area contributed by atoms with E-state index >= 15 is 0 Å². The van der Waals surface area contributed by atoms with E-state index in [9.17, 15) is 9.59 Å². The number of carbonyl (C=O) groups excluding carboxylic acids is 1. The maximum atomic E-state index is 12.0. The van der Waals surface area contributed by atoms with Crippen LogP contribution in [0.2, 0.25) is 0 Å². The maximum absolute atomic E-state index is 12.0. The summed E-state index contributed by atoms with van der Waals surface area (Å²) in [6, 6.07) is 6.62. The van der Waals surface area contributed by atoms with Crippen molar-refractivity contribution in [2.45, 2.75) is 38.9 Å². The van der Waals surface area contributed by atoms with E-state index in [-0.39, 0.29) is 6.61 Å². The van der Waals surface area contributed by atoms with Gasteiger partial charge in [-0.3, -0.25) is 0 Å². The van der Waals surface area contributed by atoms with Gasteiger partial charge in [0.25, 0.3) is 0 Å². The van der Waals surface area contributed by atoms with Gasteiger partial charge in [0, 0.05) is 30.0 Å². The number of aliphatic hydroxyl groups is 1. The molecular weight excluding hydrogens is 324 g/mol. The summed E-state index contributed by atoms with van der Waals surface area (Å²) in [5.74, 6) is 0.102. The standard InChI is InChI=1S/C19H20O6/c1-11(10-20)6-18(22)24-16-8-13-7-12-4-5-17(21)23-14(12)9-15(13)25-19(16,2)3/h4-7,9,16,20H,8,10H2,1-3H3/b11-6+. The van der Waals surface area contributed by atoms with Crippen molar-refractivity contribution in [1.82, 2.24) is 0 Å². The van der Waals surface area contributed by atoms with E-state index in [0.29, 0.717) is 23.3 Å². The molecule has 1 aliphatic heterocycles. The van der Waals surface area contributed by atoms with Crippen molar-refractivity contribution in [1.29, 1.82) is 0 Å². The van der Waals surface area contributed by atoms with Gasteiger partial charge in [0.1, 0.15) is 23.0 Å². The lowest BCUT2D eigenvalue weighted by Crippen LogP contribution is -2.48. The van der Waals surface area contributed by atoms with Gasteiger partial charge in [-0.15, -0.1) is 0 Å². The summed E-state index contributed by atoms with van der Waals surface area (Å²) < 4.78 is 16.7. The van der Waals surface area contributed by atoms with E-state index in [4.69, 9.17) is 19.0 Å². The number of benzene rings is 1. The number of rotatable bonds is 3. The quantitative estimate of drug-likeness (QED) is 0.523. The minimum atomic E-state index is -0.744. The fourth-order valence-electron chi connectivity index (χ4n) is 2.80. The first-order chi connectivity index (χ1) is 11.8. The molecule has 25 heavy (non-hydrogen) atoms. The van der Waals surface area contributed by atoms with Crippen molar-refractivity contribution in [3.8, 4) is 5.75 Å². The Labute approximate surface area is 144 Å². The molecule has 0 amide bonds. The molecule has 1 atom stereocenters. The zero-order valence-corrected chi connectivity index (χ0v) is 14.4. The van der Waals surface area contributed by atoms with Crippen molar-refractivity contribution >= 4 is 16.9 Å². The molecule has 1 aliphatic rings. The van der Waals surface area contributed by atoms with E-state index in [2.05, 4.69) is 0 Å². The van der Waals surface area contributed by atoms with E-state index in [1.807, 2.05) is 19.9 Å². The van der Waals surface area contributed by atoms with Crippen molar-refractivity contribution in [3.63, 3.8) is 0 Å². The number of esters is 1. The highest BCUT2D eigenvalue weighted by molar-refractivity contribution is 5.83. The molecule has 6 heteroatoms.